The monoisotopic (exact) mass is 220 g/mol. The zero-order chi connectivity index (χ0) is 11.2. The molecule has 0 saturated heterocycles. The normalized spacial score (nSPS) is 21.0. The Balaban J connectivity index is 1.78. The van der Waals surface area contributed by atoms with Gasteiger partial charge in [-0.15, -0.1) is 0 Å². The first-order valence-electron chi connectivity index (χ1n) is 6.40. The highest BCUT2D eigenvalue weighted by molar-refractivity contribution is 5.88. The van der Waals surface area contributed by atoms with Gasteiger partial charge in [-0.1, -0.05) is 12.2 Å². The van der Waals surface area contributed by atoms with Gasteiger partial charge >= 0.3 is 5.97 Å². The zero-order valence-corrected chi connectivity index (χ0v) is 9.84. The molecule has 2 rings (SSSR count). The van der Waals surface area contributed by atoms with Gasteiger partial charge in [0, 0.05) is 5.57 Å². The Bertz CT molecular complexity index is 313. The molecule has 2 heteroatoms. The smallest absolute Gasteiger partial charge is 0.333 e. The third-order valence-electron chi connectivity index (χ3n) is 3.33. The van der Waals surface area contributed by atoms with Crippen LogP contribution < -0.4 is 0 Å². The summed E-state index contributed by atoms with van der Waals surface area (Å²) in [7, 11) is 0. The minimum atomic E-state index is -0.0915. The Hall–Kier alpha value is -1.05. The van der Waals surface area contributed by atoms with Crippen LogP contribution in [0, 0.1) is 0 Å². The van der Waals surface area contributed by atoms with Gasteiger partial charge in [0.2, 0.25) is 0 Å². The molecule has 0 atom stereocenters. The lowest BCUT2D eigenvalue weighted by Gasteiger charge is -2.15. The number of allylic oxidation sites excluding steroid dienone is 2. The van der Waals surface area contributed by atoms with Crippen LogP contribution in [0.1, 0.15) is 51.4 Å². The van der Waals surface area contributed by atoms with Gasteiger partial charge in [-0.2, -0.15) is 0 Å². The maximum absolute atomic E-state index is 11.7. The third kappa shape index (κ3) is 3.22. The molecule has 0 spiro atoms. The zero-order valence-electron chi connectivity index (χ0n) is 9.84. The molecule has 16 heavy (non-hydrogen) atoms. The van der Waals surface area contributed by atoms with Crippen molar-refractivity contribution in [2.24, 2.45) is 0 Å². The molecule has 0 bridgehead atoms. The van der Waals surface area contributed by atoms with E-state index in [-0.39, 0.29) is 5.97 Å². The van der Waals surface area contributed by atoms with Crippen molar-refractivity contribution >= 4 is 5.97 Å². The average Bonchev–Trinajstić information content (AvgIpc) is 2.38. The van der Waals surface area contributed by atoms with Gasteiger partial charge < -0.3 is 4.74 Å². The molecule has 0 radical (unpaired) electrons. The summed E-state index contributed by atoms with van der Waals surface area (Å²) in [5.41, 5.74) is 2.19. The fourth-order valence-electron chi connectivity index (χ4n) is 2.31. The van der Waals surface area contributed by atoms with Crippen molar-refractivity contribution in [3.05, 3.63) is 23.3 Å². The predicted molar refractivity (Wildman–Crippen MR) is 64.1 cm³/mol. The number of hydrogen-bond donors (Lipinski definition) is 0. The van der Waals surface area contributed by atoms with Crippen molar-refractivity contribution < 1.29 is 9.53 Å². The van der Waals surface area contributed by atoms with Gasteiger partial charge in [0.05, 0.1) is 0 Å². The van der Waals surface area contributed by atoms with Crippen LogP contribution in [0.5, 0.6) is 0 Å². The maximum Gasteiger partial charge on any atom is 0.333 e. The second kappa shape index (κ2) is 5.88. The first kappa shape index (κ1) is 11.4. The highest BCUT2D eigenvalue weighted by atomic mass is 16.5. The van der Waals surface area contributed by atoms with E-state index in [0.717, 1.165) is 37.7 Å². The van der Waals surface area contributed by atoms with Crippen LogP contribution in [0.2, 0.25) is 0 Å². The Morgan fingerprint density at radius 3 is 2.44 bits per heavy atom. The van der Waals surface area contributed by atoms with Crippen molar-refractivity contribution in [1.82, 2.24) is 0 Å². The maximum atomic E-state index is 11.7. The van der Waals surface area contributed by atoms with Gasteiger partial charge in [-0.05, 0) is 56.9 Å². The summed E-state index contributed by atoms with van der Waals surface area (Å²) < 4.78 is 5.35. The van der Waals surface area contributed by atoms with Crippen molar-refractivity contribution in [2.75, 3.05) is 6.61 Å². The Morgan fingerprint density at radius 2 is 1.81 bits per heavy atom. The van der Waals surface area contributed by atoms with Crippen LogP contribution in [0.4, 0.5) is 0 Å². The van der Waals surface area contributed by atoms with Gasteiger partial charge in [0.15, 0.2) is 0 Å². The Morgan fingerprint density at radius 1 is 1.06 bits per heavy atom. The first-order valence-corrected chi connectivity index (χ1v) is 6.40. The van der Waals surface area contributed by atoms with Gasteiger partial charge in [-0.25, -0.2) is 4.79 Å². The van der Waals surface area contributed by atoms with E-state index >= 15 is 0 Å². The molecule has 0 aliphatic heterocycles. The molecule has 88 valence electrons. The van der Waals surface area contributed by atoms with E-state index in [4.69, 9.17) is 4.74 Å². The van der Waals surface area contributed by atoms with E-state index in [9.17, 15) is 4.79 Å². The van der Waals surface area contributed by atoms with Crippen LogP contribution in [0.15, 0.2) is 23.3 Å². The fourth-order valence-corrected chi connectivity index (χ4v) is 2.31. The van der Waals surface area contributed by atoms with E-state index in [2.05, 4.69) is 6.08 Å². The standard InChI is InChI=1S/C14H20O2/c15-14(13-9-5-2-6-10-13)16-11-12-7-3-1-4-8-12/h7,9H,1-6,8,10-11H2. The van der Waals surface area contributed by atoms with Crippen molar-refractivity contribution in [3.63, 3.8) is 0 Å². The Labute approximate surface area is 97.4 Å². The molecule has 2 aliphatic carbocycles. The second-order valence-corrected chi connectivity index (χ2v) is 4.66. The van der Waals surface area contributed by atoms with Gasteiger partial charge in [0.1, 0.15) is 6.61 Å². The molecule has 0 heterocycles. The first-order chi connectivity index (χ1) is 7.86. The minimum absolute atomic E-state index is 0.0915. The molecule has 0 aromatic rings. The molecule has 0 fully saturated rings. The molecule has 0 N–H and O–H groups in total. The molecule has 0 amide bonds. The lowest BCUT2D eigenvalue weighted by molar-refractivity contribution is -0.138. The number of esters is 1. The fraction of sp³-hybridized carbons (Fsp3) is 0.643. The average molecular weight is 220 g/mol. The van der Waals surface area contributed by atoms with E-state index in [1.54, 1.807) is 0 Å². The SMILES string of the molecule is O=C(OCC1=CCCCC1)C1=CCCCC1. The number of carbonyl (C=O) groups excluding carboxylic acids is 1. The summed E-state index contributed by atoms with van der Waals surface area (Å²) in [5, 5.41) is 0. The molecule has 2 aliphatic rings. The molecule has 0 aromatic carbocycles. The highest BCUT2D eigenvalue weighted by Crippen LogP contribution is 2.20. The number of ether oxygens (including phenoxy) is 1. The van der Waals surface area contributed by atoms with Crippen molar-refractivity contribution in [1.29, 1.82) is 0 Å². The minimum Gasteiger partial charge on any atom is -0.458 e. The Kier molecular flexibility index (Phi) is 4.20. The van der Waals surface area contributed by atoms with E-state index in [0.29, 0.717) is 6.61 Å². The molecule has 2 nitrogen and oxygen atoms in total. The second-order valence-electron chi connectivity index (χ2n) is 4.66. The highest BCUT2D eigenvalue weighted by Gasteiger charge is 2.14. The van der Waals surface area contributed by atoms with E-state index < -0.39 is 0 Å². The predicted octanol–water partition coefficient (Wildman–Crippen LogP) is 3.53. The topological polar surface area (TPSA) is 26.3 Å². The molecule has 0 saturated carbocycles. The molecule has 0 unspecified atom stereocenters. The third-order valence-corrected chi connectivity index (χ3v) is 3.33. The van der Waals surface area contributed by atoms with Gasteiger partial charge in [-0.3, -0.25) is 0 Å². The lowest BCUT2D eigenvalue weighted by atomic mass is 9.99. The summed E-state index contributed by atoms with van der Waals surface area (Å²) in [5.74, 6) is -0.0915. The summed E-state index contributed by atoms with van der Waals surface area (Å²) in [6.07, 6.45) is 13.3. The summed E-state index contributed by atoms with van der Waals surface area (Å²) in [6, 6.07) is 0. The van der Waals surface area contributed by atoms with Crippen LogP contribution in [-0.4, -0.2) is 12.6 Å². The van der Waals surface area contributed by atoms with E-state index in [1.165, 1.54) is 24.8 Å². The van der Waals surface area contributed by atoms with E-state index in [1.807, 2.05) is 6.08 Å². The summed E-state index contributed by atoms with van der Waals surface area (Å²) >= 11 is 0. The molecular formula is C14H20O2. The lowest BCUT2D eigenvalue weighted by Crippen LogP contribution is -2.12. The van der Waals surface area contributed by atoms with Crippen molar-refractivity contribution in [2.45, 2.75) is 51.4 Å². The largest absolute Gasteiger partial charge is 0.458 e. The van der Waals surface area contributed by atoms with Crippen molar-refractivity contribution in [3.8, 4) is 0 Å². The summed E-state index contributed by atoms with van der Waals surface area (Å²) in [4.78, 5) is 11.7. The summed E-state index contributed by atoms with van der Waals surface area (Å²) in [6.45, 7) is 0.510. The number of carbonyl (C=O) groups is 1. The van der Waals surface area contributed by atoms with Gasteiger partial charge in [0.25, 0.3) is 0 Å². The molecular weight excluding hydrogens is 200 g/mol. The van der Waals surface area contributed by atoms with Crippen LogP contribution in [-0.2, 0) is 9.53 Å². The molecule has 0 aromatic heterocycles. The van der Waals surface area contributed by atoms with Crippen LogP contribution in [0.3, 0.4) is 0 Å². The van der Waals surface area contributed by atoms with Crippen LogP contribution in [0.25, 0.3) is 0 Å². The quantitative estimate of drug-likeness (QED) is 0.537. The number of rotatable bonds is 3. The van der Waals surface area contributed by atoms with Crippen LogP contribution >= 0.6 is 0 Å². The number of hydrogen-bond acceptors (Lipinski definition) is 2.